The number of esters is 1. The van der Waals surface area contributed by atoms with Gasteiger partial charge in [0.1, 0.15) is 5.82 Å². The van der Waals surface area contributed by atoms with Gasteiger partial charge in [0.15, 0.2) is 5.78 Å². The lowest BCUT2D eigenvalue weighted by atomic mass is 9.83. The summed E-state index contributed by atoms with van der Waals surface area (Å²) in [4.78, 5) is 46.8. The van der Waals surface area contributed by atoms with E-state index in [0.717, 1.165) is 31.7 Å². The van der Waals surface area contributed by atoms with E-state index in [9.17, 15) is 18.8 Å². The van der Waals surface area contributed by atoms with Gasteiger partial charge in [0.05, 0.1) is 42.4 Å². The summed E-state index contributed by atoms with van der Waals surface area (Å²) in [5, 5.41) is 0.152. The summed E-state index contributed by atoms with van der Waals surface area (Å²) in [6.45, 7) is 0. The molecule has 0 spiro atoms. The van der Waals surface area contributed by atoms with Crippen LogP contribution >= 0.6 is 0 Å². The van der Waals surface area contributed by atoms with Crippen LogP contribution in [0.15, 0.2) is 47.7 Å². The molecular formula is C25H26FN3O4. The number of hydrogen-bond acceptors (Lipinski definition) is 6. The standard InChI is InChI=1S/C25H26FN3O4/c1-33-25(32)17-7-9-19(27-14-17)13-23(30)22(11-16-5-3-2-4-6-16)29-15-28-21-10-8-18(26)12-20(21)24(29)31/h7-10,12,14-16,22H,2-6,11,13H2,1H3/t22-/m1/s1. The number of halogens is 1. The summed E-state index contributed by atoms with van der Waals surface area (Å²) in [7, 11) is 1.29. The molecule has 172 valence electrons. The molecule has 1 fully saturated rings. The molecule has 0 bridgehead atoms. The molecule has 2 aromatic heterocycles. The average Bonchev–Trinajstić information content (AvgIpc) is 2.84. The van der Waals surface area contributed by atoms with Crippen LogP contribution in [0.25, 0.3) is 10.9 Å². The highest BCUT2D eigenvalue weighted by Gasteiger charge is 2.27. The molecule has 7 nitrogen and oxygen atoms in total. The second-order valence-corrected chi connectivity index (χ2v) is 8.55. The zero-order valence-corrected chi connectivity index (χ0v) is 18.5. The van der Waals surface area contributed by atoms with Crippen molar-refractivity contribution >= 4 is 22.7 Å². The molecule has 0 N–H and O–H groups in total. The fraction of sp³-hybridized carbons (Fsp3) is 0.400. The Kier molecular flexibility index (Phi) is 6.91. The van der Waals surface area contributed by atoms with Gasteiger partial charge < -0.3 is 4.74 Å². The third-order valence-corrected chi connectivity index (χ3v) is 6.33. The first-order valence-electron chi connectivity index (χ1n) is 11.2. The number of benzene rings is 1. The topological polar surface area (TPSA) is 91.2 Å². The monoisotopic (exact) mass is 451 g/mol. The number of hydrogen-bond donors (Lipinski definition) is 0. The highest BCUT2D eigenvalue weighted by molar-refractivity contribution is 5.89. The van der Waals surface area contributed by atoms with Gasteiger partial charge in [-0.1, -0.05) is 32.1 Å². The van der Waals surface area contributed by atoms with Crippen molar-refractivity contribution in [2.24, 2.45) is 5.92 Å². The number of ketones is 1. The Labute approximate surface area is 190 Å². The van der Waals surface area contributed by atoms with Crippen LogP contribution in [0.3, 0.4) is 0 Å². The normalized spacial score (nSPS) is 15.3. The number of fused-ring (bicyclic) bond motifs is 1. The third-order valence-electron chi connectivity index (χ3n) is 6.33. The van der Waals surface area contributed by atoms with Crippen molar-refractivity contribution < 1.29 is 18.7 Å². The molecular weight excluding hydrogens is 425 g/mol. The molecule has 0 saturated heterocycles. The van der Waals surface area contributed by atoms with Gasteiger partial charge in [0.25, 0.3) is 5.56 Å². The minimum atomic E-state index is -0.720. The molecule has 3 aromatic rings. The van der Waals surface area contributed by atoms with E-state index in [2.05, 4.69) is 14.7 Å². The van der Waals surface area contributed by atoms with Crippen molar-refractivity contribution in [3.05, 3.63) is 70.3 Å². The van der Waals surface area contributed by atoms with Gasteiger partial charge in [-0.05, 0) is 42.7 Å². The summed E-state index contributed by atoms with van der Waals surface area (Å²) in [6.07, 6.45) is 8.73. The molecule has 2 heterocycles. The lowest BCUT2D eigenvalue weighted by molar-refractivity contribution is -0.122. The predicted octanol–water partition coefficient (Wildman–Crippen LogP) is 4.04. The Balaban J connectivity index is 1.65. The molecule has 0 amide bonds. The van der Waals surface area contributed by atoms with E-state index in [4.69, 9.17) is 0 Å². The summed E-state index contributed by atoms with van der Waals surface area (Å²) >= 11 is 0. The van der Waals surface area contributed by atoms with Gasteiger partial charge >= 0.3 is 5.97 Å². The predicted molar refractivity (Wildman–Crippen MR) is 120 cm³/mol. The lowest BCUT2D eigenvalue weighted by Crippen LogP contribution is -2.33. The fourth-order valence-electron chi connectivity index (χ4n) is 4.53. The highest BCUT2D eigenvalue weighted by Crippen LogP contribution is 2.31. The van der Waals surface area contributed by atoms with Crippen LogP contribution in [-0.2, 0) is 16.0 Å². The molecule has 8 heteroatoms. The average molecular weight is 451 g/mol. The van der Waals surface area contributed by atoms with Gasteiger partial charge in [-0.15, -0.1) is 0 Å². The molecule has 0 aliphatic heterocycles. The molecule has 1 atom stereocenters. The third kappa shape index (κ3) is 5.16. The van der Waals surface area contributed by atoms with Crippen LogP contribution in [0.4, 0.5) is 4.39 Å². The summed E-state index contributed by atoms with van der Waals surface area (Å²) in [5.41, 5.74) is 0.753. The number of rotatable bonds is 7. The first-order chi connectivity index (χ1) is 16.0. The Morgan fingerprint density at radius 1 is 1.15 bits per heavy atom. The Bertz CT molecular complexity index is 1220. The minimum Gasteiger partial charge on any atom is -0.465 e. The van der Waals surface area contributed by atoms with Crippen molar-refractivity contribution in [3.63, 3.8) is 0 Å². The molecule has 0 radical (unpaired) electrons. The molecule has 1 aromatic carbocycles. The lowest BCUT2D eigenvalue weighted by Gasteiger charge is -2.27. The minimum absolute atomic E-state index is 0.00642. The SMILES string of the molecule is COC(=O)c1ccc(CC(=O)[C@@H](CC2CCCCC2)n2cnc3ccc(F)cc3c2=O)nc1. The van der Waals surface area contributed by atoms with Crippen molar-refractivity contribution in [2.75, 3.05) is 7.11 Å². The molecule has 1 saturated carbocycles. The number of nitrogens with zero attached hydrogens (tertiary/aromatic N) is 3. The molecule has 33 heavy (non-hydrogen) atoms. The van der Waals surface area contributed by atoms with Crippen LogP contribution in [0.2, 0.25) is 0 Å². The van der Waals surface area contributed by atoms with Crippen molar-refractivity contribution in [1.82, 2.24) is 14.5 Å². The Morgan fingerprint density at radius 2 is 1.94 bits per heavy atom. The molecule has 1 aliphatic carbocycles. The van der Waals surface area contributed by atoms with E-state index in [0.29, 0.717) is 29.1 Å². The highest BCUT2D eigenvalue weighted by atomic mass is 19.1. The summed E-state index contributed by atoms with van der Waals surface area (Å²) < 4.78 is 19.8. The largest absolute Gasteiger partial charge is 0.465 e. The first-order valence-corrected chi connectivity index (χ1v) is 11.2. The van der Waals surface area contributed by atoms with Crippen LogP contribution < -0.4 is 5.56 Å². The summed E-state index contributed by atoms with van der Waals surface area (Å²) in [5.74, 6) is -0.864. The van der Waals surface area contributed by atoms with Gasteiger partial charge in [-0.25, -0.2) is 14.2 Å². The van der Waals surface area contributed by atoms with Crippen molar-refractivity contribution in [1.29, 1.82) is 0 Å². The van der Waals surface area contributed by atoms with Gasteiger partial charge in [0, 0.05) is 11.9 Å². The van der Waals surface area contributed by atoms with E-state index in [1.165, 1.54) is 42.8 Å². The van der Waals surface area contributed by atoms with Crippen LogP contribution in [0.5, 0.6) is 0 Å². The van der Waals surface area contributed by atoms with E-state index < -0.39 is 23.4 Å². The van der Waals surface area contributed by atoms with Gasteiger partial charge in [0.2, 0.25) is 0 Å². The number of ether oxygens (including phenoxy) is 1. The van der Waals surface area contributed by atoms with E-state index >= 15 is 0 Å². The van der Waals surface area contributed by atoms with Crippen LogP contribution in [-0.4, -0.2) is 33.4 Å². The van der Waals surface area contributed by atoms with E-state index in [1.807, 2.05) is 0 Å². The number of carbonyl (C=O) groups excluding carboxylic acids is 2. The number of aromatic nitrogens is 3. The van der Waals surface area contributed by atoms with Gasteiger partial charge in [-0.2, -0.15) is 0 Å². The quantitative estimate of drug-likeness (QED) is 0.504. The maximum absolute atomic E-state index is 13.8. The number of methoxy groups -OCH3 is 1. The maximum Gasteiger partial charge on any atom is 0.339 e. The first kappa shape index (κ1) is 22.8. The number of Topliss-reactive ketones (excluding diaryl/α,β-unsaturated/α-hetero) is 1. The zero-order valence-electron chi connectivity index (χ0n) is 18.5. The second-order valence-electron chi connectivity index (χ2n) is 8.55. The molecule has 4 rings (SSSR count). The second kappa shape index (κ2) is 10.0. The van der Waals surface area contributed by atoms with Crippen LogP contribution in [0.1, 0.15) is 60.6 Å². The molecule has 0 unspecified atom stereocenters. The summed E-state index contributed by atoms with van der Waals surface area (Å²) in [6, 6.07) is 6.33. The van der Waals surface area contributed by atoms with Gasteiger partial charge in [-0.3, -0.25) is 19.1 Å². The fourth-order valence-corrected chi connectivity index (χ4v) is 4.53. The van der Waals surface area contributed by atoms with Crippen molar-refractivity contribution in [2.45, 2.75) is 51.0 Å². The molecule has 1 aliphatic rings. The van der Waals surface area contributed by atoms with E-state index in [1.54, 1.807) is 12.1 Å². The Morgan fingerprint density at radius 3 is 2.64 bits per heavy atom. The smallest absolute Gasteiger partial charge is 0.339 e. The van der Waals surface area contributed by atoms with Crippen LogP contribution in [0, 0.1) is 11.7 Å². The van der Waals surface area contributed by atoms with Crippen molar-refractivity contribution in [3.8, 4) is 0 Å². The van der Waals surface area contributed by atoms with E-state index in [-0.39, 0.29) is 17.6 Å². The maximum atomic E-state index is 13.8. The Hall–Kier alpha value is -3.42. The zero-order chi connectivity index (χ0) is 23.4. The number of pyridine rings is 1. The number of carbonyl (C=O) groups is 2.